The van der Waals surface area contributed by atoms with Crippen molar-refractivity contribution in [2.75, 3.05) is 5.32 Å². The van der Waals surface area contributed by atoms with Crippen molar-refractivity contribution in [3.05, 3.63) is 32.7 Å². The van der Waals surface area contributed by atoms with E-state index < -0.39 is 6.04 Å². The first-order valence-electron chi connectivity index (χ1n) is 4.70. The van der Waals surface area contributed by atoms with Crippen LogP contribution in [0.15, 0.2) is 21.9 Å². The lowest BCUT2D eigenvalue weighted by Crippen LogP contribution is -2.24. The number of aryl methyl sites for hydroxylation is 1. The summed E-state index contributed by atoms with van der Waals surface area (Å²) in [4.78, 5) is 18.4. The minimum atomic E-state index is -0.655. The van der Waals surface area contributed by atoms with Gasteiger partial charge in [-0.3, -0.25) is 4.79 Å². The van der Waals surface area contributed by atoms with Crippen LogP contribution in [-0.4, -0.2) is 16.9 Å². The van der Waals surface area contributed by atoms with Gasteiger partial charge in [-0.2, -0.15) is 0 Å². The molecule has 1 unspecified atom stereocenters. The van der Waals surface area contributed by atoms with Crippen molar-refractivity contribution in [3.8, 4) is 0 Å². The molecular formula is C9H8BrN5O. The van der Waals surface area contributed by atoms with Crippen molar-refractivity contribution in [2.24, 2.45) is 5.11 Å². The maximum atomic E-state index is 11.6. The van der Waals surface area contributed by atoms with E-state index in [4.69, 9.17) is 5.53 Å². The maximum absolute atomic E-state index is 11.6. The third kappa shape index (κ3) is 2.15. The van der Waals surface area contributed by atoms with Crippen molar-refractivity contribution in [2.45, 2.75) is 18.9 Å². The molecule has 0 aromatic carbocycles. The van der Waals surface area contributed by atoms with Crippen LogP contribution in [-0.2, 0) is 11.2 Å². The molecule has 7 heteroatoms. The van der Waals surface area contributed by atoms with Crippen LogP contribution in [0.1, 0.15) is 12.0 Å². The van der Waals surface area contributed by atoms with Crippen molar-refractivity contribution in [1.29, 1.82) is 0 Å². The molecule has 0 aliphatic carbocycles. The fourth-order valence-corrected chi connectivity index (χ4v) is 1.96. The molecule has 1 aliphatic rings. The molecule has 0 fully saturated rings. The Morgan fingerprint density at radius 2 is 2.50 bits per heavy atom. The van der Waals surface area contributed by atoms with E-state index in [1.165, 1.54) is 0 Å². The zero-order chi connectivity index (χ0) is 11.5. The first-order valence-corrected chi connectivity index (χ1v) is 5.49. The summed E-state index contributed by atoms with van der Waals surface area (Å²) in [5.74, 6) is 0.246. The van der Waals surface area contributed by atoms with Gasteiger partial charge < -0.3 is 5.32 Å². The van der Waals surface area contributed by atoms with Gasteiger partial charge >= 0.3 is 0 Å². The molecule has 0 saturated carbocycles. The highest BCUT2D eigenvalue weighted by molar-refractivity contribution is 9.10. The second kappa shape index (κ2) is 4.51. The standard InChI is InChI=1S/C9H8BrN5O/c10-6-3-5-1-2-7(14-15-11)9(16)13-8(5)12-4-6/h3-4,7H,1-2H2,(H,12,13,16). The van der Waals surface area contributed by atoms with Crippen LogP contribution in [0.3, 0.4) is 0 Å². The summed E-state index contributed by atoms with van der Waals surface area (Å²) in [7, 11) is 0. The van der Waals surface area contributed by atoms with E-state index in [1.54, 1.807) is 6.20 Å². The molecule has 0 radical (unpaired) electrons. The highest BCUT2D eigenvalue weighted by Crippen LogP contribution is 2.23. The van der Waals surface area contributed by atoms with Crippen LogP contribution >= 0.6 is 15.9 Å². The van der Waals surface area contributed by atoms with Crippen LogP contribution in [0.25, 0.3) is 10.4 Å². The molecule has 1 atom stereocenters. The number of amides is 1. The molecule has 1 N–H and O–H groups in total. The molecule has 2 heterocycles. The summed E-state index contributed by atoms with van der Waals surface area (Å²) in [5.41, 5.74) is 9.29. The van der Waals surface area contributed by atoms with E-state index in [1.807, 2.05) is 6.07 Å². The van der Waals surface area contributed by atoms with Gasteiger partial charge in [0.15, 0.2) is 0 Å². The number of halogens is 1. The Kier molecular flexibility index (Phi) is 3.07. The highest BCUT2D eigenvalue weighted by atomic mass is 79.9. The predicted molar refractivity (Wildman–Crippen MR) is 61.8 cm³/mol. The minimum Gasteiger partial charge on any atom is -0.310 e. The van der Waals surface area contributed by atoms with Gasteiger partial charge in [-0.05, 0) is 45.9 Å². The van der Waals surface area contributed by atoms with E-state index in [2.05, 4.69) is 36.3 Å². The van der Waals surface area contributed by atoms with Crippen molar-refractivity contribution >= 4 is 27.7 Å². The molecule has 16 heavy (non-hydrogen) atoms. The highest BCUT2D eigenvalue weighted by Gasteiger charge is 2.23. The van der Waals surface area contributed by atoms with E-state index >= 15 is 0 Å². The average molecular weight is 282 g/mol. The van der Waals surface area contributed by atoms with Crippen LogP contribution in [0.2, 0.25) is 0 Å². The van der Waals surface area contributed by atoms with Crippen LogP contribution in [0.4, 0.5) is 5.82 Å². The molecule has 2 rings (SSSR count). The molecule has 0 bridgehead atoms. The topological polar surface area (TPSA) is 90.8 Å². The molecule has 1 aliphatic heterocycles. The van der Waals surface area contributed by atoms with Crippen molar-refractivity contribution < 1.29 is 4.79 Å². The largest absolute Gasteiger partial charge is 0.310 e. The summed E-state index contributed by atoms with van der Waals surface area (Å²) < 4.78 is 0.864. The summed E-state index contributed by atoms with van der Waals surface area (Å²) in [6.07, 6.45) is 2.78. The normalized spacial score (nSPS) is 19.1. The van der Waals surface area contributed by atoms with E-state index in [0.717, 1.165) is 10.0 Å². The molecule has 1 aromatic rings. The molecule has 1 amide bonds. The Bertz CT molecular complexity index is 483. The Morgan fingerprint density at radius 1 is 1.69 bits per heavy atom. The quantitative estimate of drug-likeness (QED) is 0.486. The number of carbonyl (C=O) groups excluding carboxylic acids is 1. The Hall–Kier alpha value is -1.59. The smallest absolute Gasteiger partial charge is 0.234 e. The van der Waals surface area contributed by atoms with Gasteiger partial charge in [-0.1, -0.05) is 5.11 Å². The minimum absolute atomic E-state index is 0.300. The number of rotatable bonds is 1. The number of anilines is 1. The number of azide groups is 1. The predicted octanol–water partition coefficient (Wildman–Crippen LogP) is 2.41. The Morgan fingerprint density at radius 3 is 3.25 bits per heavy atom. The van der Waals surface area contributed by atoms with Crippen molar-refractivity contribution in [3.63, 3.8) is 0 Å². The number of nitrogens with zero attached hydrogens (tertiary/aromatic N) is 4. The molecule has 1 aromatic heterocycles. The van der Waals surface area contributed by atoms with Gasteiger partial charge in [0.2, 0.25) is 5.91 Å². The third-order valence-electron chi connectivity index (χ3n) is 2.36. The lowest BCUT2D eigenvalue weighted by molar-refractivity contribution is -0.117. The summed E-state index contributed by atoms with van der Waals surface area (Å²) in [6.45, 7) is 0. The third-order valence-corrected chi connectivity index (χ3v) is 2.79. The number of carbonyl (C=O) groups is 1. The lowest BCUT2D eigenvalue weighted by Gasteiger charge is -2.05. The molecule has 0 saturated heterocycles. The maximum Gasteiger partial charge on any atom is 0.234 e. The monoisotopic (exact) mass is 281 g/mol. The van der Waals surface area contributed by atoms with Gasteiger partial charge in [0.05, 0.1) is 0 Å². The molecule has 6 nitrogen and oxygen atoms in total. The molecule has 0 spiro atoms. The number of fused-ring (bicyclic) bond motifs is 1. The number of nitrogens with one attached hydrogen (secondary N) is 1. The lowest BCUT2D eigenvalue weighted by atomic mass is 10.1. The van der Waals surface area contributed by atoms with Gasteiger partial charge in [-0.15, -0.1) is 0 Å². The van der Waals surface area contributed by atoms with Gasteiger partial charge in [-0.25, -0.2) is 4.98 Å². The summed E-state index contributed by atoms with van der Waals surface area (Å²) in [5, 5.41) is 6.11. The Balaban J connectivity index is 2.32. The first-order chi connectivity index (χ1) is 7.70. The van der Waals surface area contributed by atoms with Crippen LogP contribution in [0, 0.1) is 0 Å². The number of pyridine rings is 1. The first kappa shape index (κ1) is 10.9. The number of hydrogen-bond donors (Lipinski definition) is 1. The van der Waals surface area contributed by atoms with E-state index in [0.29, 0.717) is 18.7 Å². The number of hydrogen-bond acceptors (Lipinski definition) is 3. The van der Waals surface area contributed by atoms with Crippen molar-refractivity contribution in [1.82, 2.24) is 4.98 Å². The summed E-state index contributed by atoms with van der Waals surface area (Å²) in [6, 6.07) is 1.25. The average Bonchev–Trinajstić information content (AvgIpc) is 2.40. The Labute approximate surface area is 99.8 Å². The van der Waals surface area contributed by atoms with Gasteiger partial charge in [0.1, 0.15) is 11.9 Å². The fraction of sp³-hybridized carbons (Fsp3) is 0.333. The number of aromatic nitrogens is 1. The SMILES string of the molecule is [N-]=[N+]=NC1CCc2cc(Br)cnc2NC1=O. The van der Waals surface area contributed by atoms with Gasteiger partial charge in [0.25, 0.3) is 0 Å². The zero-order valence-corrected chi connectivity index (χ0v) is 9.81. The summed E-state index contributed by atoms with van der Waals surface area (Å²) >= 11 is 3.32. The second-order valence-electron chi connectivity index (χ2n) is 3.41. The second-order valence-corrected chi connectivity index (χ2v) is 4.33. The molecule has 82 valence electrons. The zero-order valence-electron chi connectivity index (χ0n) is 8.22. The van der Waals surface area contributed by atoms with Crippen LogP contribution in [0.5, 0.6) is 0 Å². The molecular weight excluding hydrogens is 274 g/mol. The van der Waals surface area contributed by atoms with E-state index in [9.17, 15) is 4.79 Å². The fourth-order valence-electron chi connectivity index (χ4n) is 1.58. The van der Waals surface area contributed by atoms with Crippen LogP contribution < -0.4 is 5.32 Å². The van der Waals surface area contributed by atoms with Gasteiger partial charge in [0, 0.05) is 15.6 Å². The van der Waals surface area contributed by atoms with E-state index in [-0.39, 0.29) is 5.91 Å².